The Bertz CT molecular complexity index is 1000. The molecule has 1 heterocycles. The van der Waals surface area contributed by atoms with Crippen molar-refractivity contribution in [1.29, 1.82) is 0 Å². The molecule has 1 aromatic carbocycles. The van der Waals surface area contributed by atoms with Crippen LogP contribution in [0.1, 0.15) is 200 Å². The maximum Gasteiger partial charge on any atom is 0.458 e. The van der Waals surface area contributed by atoms with Crippen molar-refractivity contribution in [3.05, 3.63) is 29.1 Å². The van der Waals surface area contributed by atoms with Crippen molar-refractivity contribution >= 4 is 18.8 Å². The first-order chi connectivity index (χ1) is 25.8. The molecular weight excluding hydrogens is 721 g/mol. The summed E-state index contributed by atoms with van der Waals surface area (Å²) in [5, 5.41) is 6.83. The van der Waals surface area contributed by atoms with E-state index in [0.717, 1.165) is 0 Å². The molecule has 0 amide bonds. The summed E-state index contributed by atoms with van der Waals surface area (Å²) in [6.45, 7) is 9.89. The number of unbranched alkanes of at least 4 members (excludes halogenated alkanes) is 20. The summed E-state index contributed by atoms with van der Waals surface area (Å²) >= 11 is -1.42. The van der Waals surface area contributed by atoms with Gasteiger partial charge >= 0.3 is 12.1 Å². The Balaban J connectivity index is 0.000000591. The Morgan fingerprint density at radius 1 is 0.481 bits per heavy atom. The molecule has 0 atom stereocenters. The molecule has 10 heteroatoms. The first-order valence-corrected chi connectivity index (χ1v) is 25.8. The zero-order valence-corrected chi connectivity index (χ0v) is 36.0. The summed E-state index contributed by atoms with van der Waals surface area (Å²) in [6.07, 6.45) is 30.7. The molecule has 0 aromatic heterocycles. The lowest BCUT2D eigenvalue weighted by Crippen LogP contribution is -3.05. The van der Waals surface area contributed by atoms with Gasteiger partial charge in [-0.1, -0.05) is 182 Å². The van der Waals surface area contributed by atoms with Gasteiger partial charge in [0.05, 0.1) is 13.1 Å². The first kappa shape index (κ1) is 51.2. The minimum absolute atomic E-state index is 0.214. The molecule has 1 aliphatic heterocycles. The second-order valence-corrected chi connectivity index (χ2v) is 22.5. The summed E-state index contributed by atoms with van der Waals surface area (Å²) < 4.78 is 104. The highest BCUT2D eigenvalue weighted by Crippen LogP contribution is 2.47. The van der Waals surface area contributed by atoms with Gasteiger partial charge in [0.25, 0.3) is 0 Å². The molecule has 1 N–H and O–H groups in total. The van der Waals surface area contributed by atoms with Crippen molar-refractivity contribution in [3.63, 3.8) is 0 Å². The van der Waals surface area contributed by atoms with E-state index in [-0.39, 0.29) is 18.0 Å². The van der Waals surface area contributed by atoms with E-state index in [2.05, 4.69) is 27.7 Å². The number of benzene rings is 1. The van der Waals surface area contributed by atoms with Gasteiger partial charge in [0.1, 0.15) is 18.6 Å². The monoisotopic (exact) mass is 800 g/mol. The number of quaternary nitrogens is 1. The average Bonchev–Trinajstić information content (AvgIpc) is 3.67. The minimum atomic E-state index is -6.22. The van der Waals surface area contributed by atoms with Gasteiger partial charge in [-0.25, -0.2) is 8.78 Å². The van der Waals surface area contributed by atoms with Crippen LogP contribution in [0.3, 0.4) is 0 Å². The van der Waals surface area contributed by atoms with Crippen molar-refractivity contribution < 1.29 is 40.0 Å². The molecule has 318 valence electrons. The van der Waals surface area contributed by atoms with E-state index in [1.54, 1.807) is 46.8 Å². The molecule has 0 spiro atoms. The van der Waals surface area contributed by atoms with Gasteiger partial charge in [-0.15, -0.1) is 0 Å². The van der Waals surface area contributed by atoms with E-state index < -0.39 is 53.9 Å². The van der Waals surface area contributed by atoms with Crippen molar-refractivity contribution in [2.75, 3.05) is 13.1 Å². The van der Waals surface area contributed by atoms with Gasteiger partial charge in [-0.05, 0) is 0 Å². The highest BCUT2D eigenvalue weighted by atomic mass is 27.2. The lowest BCUT2D eigenvalue weighted by Gasteiger charge is -2.37. The van der Waals surface area contributed by atoms with Gasteiger partial charge in [-0.2, -0.15) is 47.5 Å². The molecule has 0 bridgehead atoms. The van der Waals surface area contributed by atoms with E-state index in [9.17, 15) is 35.1 Å². The molecule has 0 saturated carbocycles. The van der Waals surface area contributed by atoms with Gasteiger partial charge in [-0.3, -0.25) is 4.90 Å². The van der Waals surface area contributed by atoms with E-state index in [1.165, 1.54) is 128 Å². The number of hydrogen-bond donors (Lipinski definition) is 1. The van der Waals surface area contributed by atoms with E-state index in [0.29, 0.717) is 18.9 Å². The normalized spacial score (nSPS) is 14.1. The fourth-order valence-corrected chi connectivity index (χ4v) is 15.0. The van der Waals surface area contributed by atoms with Crippen LogP contribution in [-0.4, -0.2) is 32.3 Å². The van der Waals surface area contributed by atoms with Gasteiger partial charge in [0.2, 0.25) is 0 Å². The van der Waals surface area contributed by atoms with Gasteiger partial charge in [0, 0.05) is 18.9 Å². The predicted molar refractivity (Wildman–Crippen MR) is 214 cm³/mol. The van der Waals surface area contributed by atoms with Crippen LogP contribution in [0, 0.1) is 17.5 Å². The average molecular weight is 800 g/mol. The molecule has 1 nitrogen and oxygen atoms in total. The van der Waals surface area contributed by atoms with Crippen LogP contribution in [-0.2, 0) is 5.92 Å². The quantitative estimate of drug-likeness (QED) is 0.0342. The standard InChI is InChI=1S/C12H9F8N.4C8H17.Al/c13-6-5-7(21-3-1-2-4-21)10(15)8(9(6)14)11(16,17)12(18,19)20;4*1-3-5-7-8-6-4-2;/h5H,1-4H2;4*1,3-8H2,2H3;/q;;;;;-1/p+1. The molecular formula is C44H78AlF8N. The van der Waals surface area contributed by atoms with Crippen molar-refractivity contribution in [2.45, 2.75) is 228 Å². The van der Waals surface area contributed by atoms with Crippen molar-refractivity contribution in [2.24, 2.45) is 0 Å². The highest BCUT2D eigenvalue weighted by molar-refractivity contribution is 6.79. The third kappa shape index (κ3) is 19.5. The molecule has 2 rings (SSSR count). The minimum Gasteiger partial charge on any atom is -0.300 e. The number of halogens is 8. The Morgan fingerprint density at radius 2 is 0.796 bits per heavy atom. The SMILES string of the molecule is CCCCCCC[CH2][Al-]([CH2]CCCCCCC)([CH2]CCCCCCC)[CH2]CCCCCCC.Fc1cc([NH+]2CCCC2)c(F)c(C(F)(F)C(F)(F)F)c1F. The third-order valence-corrected chi connectivity index (χ3v) is 18.6. The second-order valence-electron chi connectivity index (χ2n) is 16.7. The lowest BCUT2D eigenvalue weighted by atomic mass is 10.0. The predicted octanol–water partition coefficient (Wildman–Crippen LogP) is 15.9. The number of hydrogen-bond acceptors (Lipinski definition) is 0. The maximum absolute atomic E-state index is 14.0. The topological polar surface area (TPSA) is 4.44 Å². The largest absolute Gasteiger partial charge is 0.458 e. The molecule has 0 radical (unpaired) electrons. The molecule has 1 fully saturated rings. The highest BCUT2D eigenvalue weighted by Gasteiger charge is 2.62. The molecule has 54 heavy (non-hydrogen) atoms. The summed E-state index contributed by atoms with van der Waals surface area (Å²) in [5.74, 6) is -12.3. The molecule has 1 aliphatic rings. The summed E-state index contributed by atoms with van der Waals surface area (Å²) in [4.78, 5) is 0.214. The number of alkyl halides is 5. The number of nitrogens with one attached hydrogen (secondary N) is 1. The fraction of sp³-hybridized carbons (Fsp3) is 0.864. The van der Waals surface area contributed by atoms with Gasteiger partial charge in [0.15, 0.2) is 23.1 Å². The number of rotatable bonds is 30. The lowest BCUT2D eigenvalue weighted by molar-refractivity contribution is -0.819. The summed E-state index contributed by atoms with van der Waals surface area (Å²) in [7, 11) is 0. The van der Waals surface area contributed by atoms with E-state index >= 15 is 0 Å². The molecule has 1 aromatic rings. The van der Waals surface area contributed by atoms with Crippen LogP contribution in [0.15, 0.2) is 6.07 Å². The van der Waals surface area contributed by atoms with E-state index in [4.69, 9.17) is 0 Å². The van der Waals surface area contributed by atoms with Crippen LogP contribution in [0.25, 0.3) is 0 Å². The Labute approximate surface area is 327 Å². The van der Waals surface area contributed by atoms with Crippen LogP contribution < -0.4 is 4.90 Å². The zero-order chi connectivity index (χ0) is 40.3. The van der Waals surface area contributed by atoms with Crippen LogP contribution in [0.2, 0.25) is 21.1 Å². The van der Waals surface area contributed by atoms with Crippen molar-refractivity contribution in [3.8, 4) is 0 Å². The molecule has 0 aliphatic carbocycles. The van der Waals surface area contributed by atoms with Crippen LogP contribution in [0.5, 0.6) is 0 Å². The summed E-state index contributed by atoms with van der Waals surface area (Å²) in [5.41, 5.74) is -3.28. The van der Waals surface area contributed by atoms with Crippen LogP contribution >= 0.6 is 0 Å². The Morgan fingerprint density at radius 3 is 1.11 bits per heavy atom. The zero-order valence-electron chi connectivity index (χ0n) is 34.8. The smallest absolute Gasteiger partial charge is 0.300 e. The van der Waals surface area contributed by atoms with Gasteiger partial charge < -0.3 is 0 Å². The fourth-order valence-electron chi connectivity index (χ4n) is 8.65. The molecule has 0 unspecified atom stereocenters. The first-order valence-electron chi connectivity index (χ1n) is 22.5. The van der Waals surface area contributed by atoms with E-state index in [1.807, 2.05) is 0 Å². The Kier molecular flexibility index (Phi) is 27.8. The third-order valence-electron chi connectivity index (χ3n) is 12.1. The van der Waals surface area contributed by atoms with Crippen molar-refractivity contribution in [1.82, 2.24) is 0 Å². The summed E-state index contributed by atoms with van der Waals surface area (Å²) in [6, 6.07) is 0.335. The van der Waals surface area contributed by atoms with Crippen LogP contribution in [0.4, 0.5) is 40.8 Å². The molecule has 1 saturated heterocycles. The Hall–Kier alpha value is -0.848. The maximum atomic E-state index is 14.0. The second kappa shape index (κ2) is 29.4.